The van der Waals surface area contributed by atoms with E-state index in [2.05, 4.69) is 0 Å². The average molecular weight is 351 g/mol. The monoisotopic (exact) mass is 351 g/mol. The molecule has 0 aromatic heterocycles. The van der Waals surface area contributed by atoms with Crippen molar-refractivity contribution < 1.29 is 23.5 Å². The summed E-state index contributed by atoms with van der Waals surface area (Å²) in [5, 5.41) is 8.84. The van der Waals surface area contributed by atoms with E-state index >= 15 is 0 Å². The van der Waals surface area contributed by atoms with Crippen molar-refractivity contribution in [2.24, 2.45) is 5.92 Å². The van der Waals surface area contributed by atoms with Crippen molar-refractivity contribution in [3.8, 4) is 0 Å². The maximum absolute atomic E-state index is 14.3. The highest BCUT2D eigenvalue weighted by Crippen LogP contribution is 2.47. The summed E-state index contributed by atoms with van der Waals surface area (Å²) in [7, 11) is 0. The number of amides is 1. The number of carbonyl (C=O) groups excluding carboxylic acids is 1. The molecule has 1 saturated carbocycles. The van der Waals surface area contributed by atoms with Crippen LogP contribution in [0.25, 0.3) is 0 Å². The number of piperidine rings is 1. The van der Waals surface area contributed by atoms with Gasteiger partial charge in [-0.25, -0.2) is 8.78 Å². The van der Waals surface area contributed by atoms with Gasteiger partial charge in [0, 0.05) is 25.1 Å². The topological polar surface area (TPSA) is 57.6 Å². The first-order valence-electron chi connectivity index (χ1n) is 8.90. The highest BCUT2D eigenvalue weighted by Gasteiger charge is 2.51. The molecule has 1 aromatic rings. The maximum Gasteiger partial charge on any atom is 0.303 e. The lowest BCUT2D eigenvalue weighted by Gasteiger charge is -2.46. The number of benzene rings is 1. The number of carboxylic acid groups (broad SMARTS) is 1. The van der Waals surface area contributed by atoms with E-state index < -0.39 is 23.0 Å². The Bertz CT molecular complexity index is 652. The zero-order chi connectivity index (χ0) is 18.0. The predicted octanol–water partition coefficient (Wildman–Crippen LogP) is 3.49. The molecule has 4 nitrogen and oxygen atoms in total. The molecule has 0 spiro atoms. The van der Waals surface area contributed by atoms with Crippen molar-refractivity contribution in [1.82, 2.24) is 4.90 Å². The Morgan fingerprint density at radius 2 is 1.88 bits per heavy atom. The smallest absolute Gasteiger partial charge is 0.303 e. The molecule has 6 heteroatoms. The van der Waals surface area contributed by atoms with Crippen LogP contribution in [0.5, 0.6) is 0 Å². The van der Waals surface area contributed by atoms with Crippen LogP contribution < -0.4 is 0 Å². The van der Waals surface area contributed by atoms with Gasteiger partial charge >= 0.3 is 5.97 Å². The number of nitrogens with zero attached hydrogens (tertiary/aromatic N) is 1. The van der Waals surface area contributed by atoms with E-state index in [1.807, 2.05) is 0 Å². The molecule has 0 radical (unpaired) electrons. The second kappa shape index (κ2) is 7.10. The molecule has 1 unspecified atom stereocenters. The molecule has 25 heavy (non-hydrogen) atoms. The standard InChI is InChI=1S/C19H23F2NO3/c20-14-5-1-6-15(21)17(14)19(9-3-10-19)18(25)22-11-2-4-13(12-22)7-8-16(23)24/h1,5-6,13H,2-4,7-12H2,(H,23,24). The third kappa shape index (κ3) is 3.39. The lowest BCUT2D eigenvalue weighted by Crippen LogP contribution is -2.54. The Kier molecular flexibility index (Phi) is 5.06. The van der Waals surface area contributed by atoms with E-state index in [0.29, 0.717) is 32.4 Å². The summed E-state index contributed by atoms with van der Waals surface area (Å²) in [4.78, 5) is 25.6. The molecular formula is C19H23F2NO3. The molecule has 2 aliphatic rings. The Morgan fingerprint density at radius 3 is 2.44 bits per heavy atom. The molecule has 0 bridgehead atoms. The molecule has 1 atom stereocenters. The van der Waals surface area contributed by atoms with Gasteiger partial charge in [0.25, 0.3) is 0 Å². The number of halogens is 2. The van der Waals surface area contributed by atoms with E-state index in [9.17, 15) is 18.4 Å². The zero-order valence-electron chi connectivity index (χ0n) is 14.1. The average Bonchev–Trinajstić information content (AvgIpc) is 2.54. The molecule has 2 fully saturated rings. The van der Waals surface area contributed by atoms with Crippen molar-refractivity contribution in [2.75, 3.05) is 13.1 Å². The van der Waals surface area contributed by atoms with Crippen molar-refractivity contribution >= 4 is 11.9 Å². The number of hydrogen-bond donors (Lipinski definition) is 1. The molecule has 3 rings (SSSR count). The number of carboxylic acids is 1. The van der Waals surface area contributed by atoms with Gasteiger partial charge in [-0.3, -0.25) is 9.59 Å². The van der Waals surface area contributed by atoms with E-state index in [1.165, 1.54) is 18.2 Å². The number of carbonyl (C=O) groups is 2. The molecule has 1 aliphatic carbocycles. The van der Waals surface area contributed by atoms with Crippen LogP contribution in [0.4, 0.5) is 8.78 Å². The van der Waals surface area contributed by atoms with Gasteiger partial charge in [0.2, 0.25) is 5.91 Å². The maximum atomic E-state index is 14.3. The normalized spacial score (nSPS) is 22.3. The highest BCUT2D eigenvalue weighted by atomic mass is 19.1. The van der Waals surface area contributed by atoms with Gasteiger partial charge in [-0.2, -0.15) is 0 Å². The number of rotatable bonds is 5. The van der Waals surface area contributed by atoms with Crippen LogP contribution in [-0.2, 0) is 15.0 Å². The van der Waals surface area contributed by atoms with Gasteiger partial charge in [0.15, 0.2) is 0 Å². The third-order valence-corrected chi connectivity index (χ3v) is 5.63. The van der Waals surface area contributed by atoms with E-state index in [4.69, 9.17) is 5.11 Å². The minimum absolute atomic E-state index is 0.0831. The van der Waals surface area contributed by atoms with Crippen LogP contribution in [0.3, 0.4) is 0 Å². The number of hydrogen-bond acceptors (Lipinski definition) is 2. The first-order chi connectivity index (χ1) is 11.9. The summed E-state index contributed by atoms with van der Waals surface area (Å²) in [5.41, 5.74) is -1.19. The SMILES string of the molecule is O=C(O)CCC1CCCN(C(=O)C2(c3c(F)cccc3F)CCC2)C1. The van der Waals surface area contributed by atoms with E-state index in [0.717, 1.165) is 19.3 Å². The molecule has 1 saturated heterocycles. The molecule has 136 valence electrons. The fourth-order valence-corrected chi connectivity index (χ4v) is 4.17. The Hall–Kier alpha value is -1.98. The van der Waals surface area contributed by atoms with Crippen LogP contribution in [-0.4, -0.2) is 35.0 Å². The molecule has 1 N–H and O–H groups in total. The van der Waals surface area contributed by atoms with Crippen molar-refractivity contribution in [2.45, 2.75) is 50.4 Å². The summed E-state index contributed by atoms with van der Waals surface area (Å²) in [6, 6.07) is 3.73. The van der Waals surface area contributed by atoms with Gasteiger partial charge in [-0.1, -0.05) is 12.5 Å². The number of likely N-dealkylation sites (tertiary alicyclic amines) is 1. The van der Waals surface area contributed by atoms with Crippen LogP contribution >= 0.6 is 0 Å². The van der Waals surface area contributed by atoms with Crippen molar-refractivity contribution in [1.29, 1.82) is 0 Å². The first kappa shape index (κ1) is 17.8. The van der Waals surface area contributed by atoms with Crippen molar-refractivity contribution in [3.05, 3.63) is 35.4 Å². The Balaban J connectivity index is 1.79. The molecule has 1 heterocycles. The van der Waals surface area contributed by atoms with Crippen LogP contribution in [0.2, 0.25) is 0 Å². The quantitative estimate of drug-likeness (QED) is 0.883. The summed E-state index contributed by atoms with van der Waals surface area (Å²) in [6.07, 6.45) is 3.99. The largest absolute Gasteiger partial charge is 0.481 e. The summed E-state index contributed by atoms with van der Waals surface area (Å²) in [5.74, 6) is -2.23. The summed E-state index contributed by atoms with van der Waals surface area (Å²) < 4.78 is 28.6. The van der Waals surface area contributed by atoms with Crippen molar-refractivity contribution in [3.63, 3.8) is 0 Å². The minimum Gasteiger partial charge on any atom is -0.481 e. The van der Waals surface area contributed by atoms with Gasteiger partial charge in [-0.15, -0.1) is 0 Å². The second-order valence-corrected chi connectivity index (χ2v) is 7.22. The second-order valence-electron chi connectivity index (χ2n) is 7.22. The fraction of sp³-hybridized carbons (Fsp3) is 0.579. The van der Waals surface area contributed by atoms with Crippen LogP contribution in [0.15, 0.2) is 18.2 Å². The molecule has 1 amide bonds. The van der Waals surface area contributed by atoms with Gasteiger partial charge in [0.1, 0.15) is 11.6 Å². The molecule has 1 aliphatic heterocycles. The molecule has 1 aromatic carbocycles. The van der Waals surface area contributed by atoms with Gasteiger partial charge in [-0.05, 0) is 50.2 Å². The third-order valence-electron chi connectivity index (χ3n) is 5.63. The van der Waals surface area contributed by atoms with E-state index in [-0.39, 0.29) is 23.8 Å². The number of aliphatic carboxylic acids is 1. The minimum atomic E-state index is -1.09. The Morgan fingerprint density at radius 1 is 1.20 bits per heavy atom. The Labute approximate surface area is 145 Å². The highest BCUT2D eigenvalue weighted by molar-refractivity contribution is 5.89. The molecular weight excluding hydrogens is 328 g/mol. The van der Waals surface area contributed by atoms with Crippen LogP contribution in [0.1, 0.15) is 50.5 Å². The first-order valence-corrected chi connectivity index (χ1v) is 8.90. The fourth-order valence-electron chi connectivity index (χ4n) is 4.17. The lowest BCUT2D eigenvalue weighted by molar-refractivity contribution is -0.143. The zero-order valence-corrected chi connectivity index (χ0v) is 14.1. The predicted molar refractivity (Wildman–Crippen MR) is 88.1 cm³/mol. The van der Waals surface area contributed by atoms with Gasteiger partial charge in [0.05, 0.1) is 5.41 Å². The summed E-state index contributed by atoms with van der Waals surface area (Å²) >= 11 is 0. The van der Waals surface area contributed by atoms with Crippen LogP contribution in [0, 0.1) is 17.6 Å². The van der Waals surface area contributed by atoms with E-state index in [1.54, 1.807) is 4.90 Å². The van der Waals surface area contributed by atoms with Gasteiger partial charge < -0.3 is 10.0 Å². The lowest BCUT2D eigenvalue weighted by atomic mass is 9.63. The summed E-state index contributed by atoms with van der Waals surface area (Å²) in [6.45, 7) is 1.05.